The SMILES string of the molecule is Cc1cc(C)n(Cc2ccc(F)cc2Br)c(=O)c1C(=O)O. The van der Waals surface area contributed by atoms with Crippen LogP contribution in [0.1, 0.15) is 27.2 Å². The molecular formula is C15H13BrFNO3. The van der Waals surface area contributed by atoms with Crippen molar-refractivity contribution >= 4 is 21.9 Å². The van der Waals surface area contributed by atoms with Gasteiger partial charge in [0.05, 0.1) is 6.54 Å². The number of carbonyl (C=O) groups is 1. The highest BCUT2D eigenvalue weighted by molar-refractivity contribution is 9.10. The van der Waals surface area contributed by atoms with Gasteiger partial charge in [-0.2, -0.15) is 0 Å². The first kappa shape index (κ1) is 15.4. The molecule has 0 fully saturated rings. The Kier molecular flexibility index (Phi) is 4.27. The van der Waals surface area contributed by atoms with Crippen molar-refractivity contribution < 1.29 is 14.3 Å². The van der Waals surface area contributed by atoms with Gasteiger partial charge in [-0.05, 0) is 43.2 Å². The van der Waals surface area contributed by atoms with Crippen molar-refractivity contribution in [2.24, 2.45) is 0 Å². The first-order chi connectivity index (χ1) is 9.81. The van der Waals surface area contributed by atoms with Crippen LogP contribution in [0.25, 0.3) is 0 Å². The van der Waals surface area contributed by atoms with Crippen LogP contribution in [-0.2, 0) is 6.54 Å². The summed E-state index contributed by atoms with van der Waals surface area (Å²) in [6.07, 6.45) is 0. The summed E-state index contributed by atoms with van der Waals surface area (Å²) in [7, 11) is 0. The third kappa shape index (κ3) is 3.05. The normalized spacial score (nSPS) is 10.7. The molecule has 0 bridgehead atoms. The van der Waals surface area contributed by atoms with Gasteiger partial charge in [-0.3, -0.25) is 4.79 Å². The van der Waals surface area contributed by atoms with Crippen LogP contribution in [0.5, 0.6) is 0 Å². The van der Waals surface area contributed by atoms with Crippen molar-refractivity contribution in [3.05, 3.63) is 67.3 Å². The molecule has 2 aromatic rings. The molecule has 0 aliphatic heterocycles. The van der Waals surface area contributed by atoms with Gasteiger partial charge in [0, 0.05) is 10.2 Å². The smallest absolute Gasteiger partial charge is 0.341 e. The van der Waals surface area contributed by atoms with E-state index in [0.717, 1.165) is 0 Å². The van der Waals surface area contributed by atoms with Gasteiger partial charge in [-0.25, -0.2) is 9.18 Å². The lowest BCUT2D eigenvalue weighted by Crippen LogP contribution is -2.29. The Balaban J connectivity index is 2.57. The fourth-order valence-corrected chi connectivity index (χ4v) is 2.68. The number of benzene rings is 1. The number of halogens is 2. The molecule has 6 heteroatoms. The van der Waals surface area contributed by atoms with E-state index in [-0.39, 0.29) is 17.9 Å². The Morgan fingerprint density at radius 3 is 2.57 bits per heavy atom. The van der Waals surface area contributed by atoms with Crippen molar-refractivity contribution in [2.75, 3.05) is 0 Å². The Morgan fingerprint density at radius 1 is 1.33 bits per heavy atom. The third-order valence-electron chi connectivity index (χ3n) is 3.26. The quantitative estimate of drug-likeness (QED) is 0.922. The average molecular weight is 354 g/mol. The lowest BCUT2D eigenvalue weighted by atomic mass is 10.1. The van der Waals surface area contributed by atoms with Crippen LogP contribution in [0.3, 0.4) is 0 Å². The number of carboxylic acids is 1. The van der Waals surface area contributed by atoms with E-state index in [1.54, 1.807) is 26.0 Å². The van der Waals surface area contributed by atoms with Gasteiger partial charge in [-0.1, -0.05) is 22.0 Å². The maximum Gasteiger partial charge on any atom is 0.341 e. The molecule has 4 nitrogen and oxygen atoms in total. The van der Waals surface area contributed by atoms with Gasteiger partial charge in [0.15, 0.2) is 0 Å². The monoisotopic (exact) mass is 353 g/mol. The van der Waals surface area contributed by atoms with Crippen molar-refractivity contribution in [1.29, 1.82) is 0 Å². The van der Waals surface area contributed by atoms with Gasteiger partial charge < -0.3 is 9.67 Å². The number of aromatic carboxylic acids is 1. The van der Waals surface area contributed by atoms with Gasteiger partial charge in [0.2, 0.25) is 0 Å². The van der Waals surface area contributed by atoms with Crippen molar-refractivity contribution in [1.82, 2.24) is 4.57 Å². The predicted molar refractivity (Wildman–Crippen MR) is 80.3 cm³/mol. The number of nitrogens with zero attached hydrogens (tertiary/aromatic N) is 1. The molecule has 0 saturated heterocycles. The largest absolute Gasteiger partial charge is 0.477 e. The maximum absolute atomic E-state index is 13.1. The van der Waals surface area contributed by atoms with Crippen LogP contribution in [0, 0.1) is 19.7 Å². The summed E-state index contributed by atoms with van der Waals surface area (Å²) >= 11 is 3.24. The molecule has 0 atom stereocenters. The second-order valence-corrected chi connectivity index (χ2v) is 5.63. The molecule has 21 heavy (non-hydrogen) atoms. The van der Waals surface area contributed by atoms with Crippen LogP contribution in [0.4, 0.5) is 4.39 Å². The Morgan fingerprint density at radius 2 is 2.00 bits per heavy atom. The van der Waals surface area contributed by atoms with E-state index in [1.807, 2.05) is 0 Å². The summed E-state index contributed by atoms with van der Waals surface area (Å²) in [6, 6.07) is 5.82. The Bertz CT molecular complexity index is 783. The molecule has 1 heterocycles. The summed E-state index contributed by atoms with van der Waals surface area (Å²) in [5.74, 6) is -1.63. The van der Waals surface area contributed by atoms with Crippen LogP contribution in [-0.4, -0.2) is 15.6 Å². The first-order valence-corrected chi connectivity index (χ1v) is 6.99. The molecule has 1 N–H and O–H groups in total. The zero-order chi connectivity index (χ0) is 15.7. The van der Waals surface area contributed by atoms with Gasteiger partial charge >= 0.3 is 5.97 Å². The van der Waals surface area contributed by atoms with Crippen molar-refractivity contribution in [2.45, 2.75) is 20.4 Å². The highest BCUT2D eigenvalue weighted by Gasteiger charge is 2.17. The van der Waals surface area contributed by atoms with Gasteiger partial charge in [-0.15, -0.1) is 0 Å². The Hall–Kier alpha value is -1.95. The third-order valence-corrected chi connectivity index (χ3v) is 4.00. The van der Waals surface area contributed by atoms with Crippen LogP contribution in [0.2, 0.25) is 0 Å². The highest BCUT2D eigenvalue weighted by Crippen LogP contribution is 2.19. The number of aryl methyl sites for hydroxylation is 2. The lowest BCUT2D eigenvalue weighted by Gasteiger charge is -2.14. The molecule has 0 spiro atoms. The molecule has 2 rings (SSSR count). The summed E-state index contributed by atoms with van der Waals surface area (Å²) in [5, 5.41) is 9.15. The molecule has 0 aliphatic carbocycles. The molecule has 0 saturated carbocycles. The average Bonchev–Trinajstić information content (AvgIpc) is 2.35. The number of aromatic nitrogens is 1. The molecule has 0 amide bonds. The number of hydrogen-bond acceptors (Lipinski definition) is 2. The summed E-state index contributed by atoms with van der Waals surface area (Å²) < 4.78 is 15.0. The second kappa shape index (κ2) is 5.81. The lowest BCUT2D eigenvalue weighted by molar-refractivity contribution is 0.0693. The van der Waals surface area contributed by atoms with Crippen LogP contribution in [0.15, 0.2) is 33.5 Å². The fourth-order valence-electron chi connectivity index (χ4n) is 2.20. The van der Waals surface area contributed by atoms with E-state index >= 15 is 0 Å². The second-order valence-electron chi connectivity index (χ2n) is 4.78. The molecule has 0 aliphatic rings. The standard InChI is InChI=1S/C15H13BrFNO3/c1-8-5-9(2)18(14(19)13(8)15(20)21)7-10-3-4-11(17)6-12(10)16/h3-6H,7H2,1-2H3,(H,20,21). The minimum atomic E-state index is -1.25. The van der Waals surface area contributed by atoms with Gasteiger partial charge in [0.25, 0.3) is 5.56 Å². The zero-order valence-electron chi connectivity index (χ0n) is 11.5. The molecular weight excluding hydrogens is 341 g/mol. The van der Waals surface area contributed by atoms with Crippen molar-refractivity contribution in [3.63, 3.8) is 0 Å². The van der Waals surface area contributed by atoms with Crippen LogP contribution >= 0.6 is 15.9 Å². The predicted octanol–water partition coefficient (Wildman–Crippen LogP) is 3.11. The van der Waals surface area contributed by atoms with Gasteiger partial charge in [0.1, 0.15) is 11.4 Å². The van der Waals surface area contributed by atoms with E-state index in [4.69, 9.17) is 5.11 Å². The van der Waals surface area contributed by atoms with E-state index in [0.29, 0.717) is 21.3 Å². The number of rotatable bonds is 3. The topological polar surface area (TPSA) is 59.3 Å². The fraction of sp³-hybridized carbons (Fsp3) is 0.200. The van der Waals surface area contributed by atoms with E-state index in [1.165, 1.54) is 16.7 Å². The number of pyridine rings is 1. The van der Waals surface area contributed by atoms with E-state index < -0.39 is 11.5 Å². The minimum absolute atomic E-state index is 0.173. The maximum atomic E-state index is 13.1. The summed E-state index contributed by atoms with van der Waals surface area (Å²) in [6.45, 7) is 3.50. The first-order valence-electron chi connectivity index (χ1n) is 6.19. The molecule has 1 aromatic heterocycles. The molecule has 0 radical (unpaired) electrons. The Labute approximate surface area is 129 Å². The number of carboxylic acid groups (broad SMARTS) is 1. The highest BCUT2D eigenvalue weighted by atomic mass is 79.9. The minimum Gasteiger partial charge on any atom is -0.477 e. The van der Waals surface area contributed by atoms with E-state index in [2.05, 4.69) is 15.9 Å². The molecule has 0 unspecified atom stereocenters. The summed E-state index contributed by atoms with van der Waals surface area (Å²) in [5.41, 5.74) is 0.981. The van der Waals surface area contributed by atoms with E-state index in [9.17, 15) is 14.0 Å². The van der Waals surface area contributed by atoms with Crippen LogP contribution < -0.4 is 5.56 Å². The number of hydrogen-bond donors (Lipinski definition) is 1. The molecule has 110 valence electrons. The summed E-state index contributed by atoms with van der Waals surface area (Å²) in [4.78, 5) is 23.5. The molecule has 1 aromatic carbocycles. The zero-order valence-corrected chi connectivity index (χ0v) is 13.1. The van der Waals surface area contributed by atoms with Crippen molar-refractivity contribution in [3.8, 4) is 0 Å².